The minimum atomic E-state index is -3.84. The van der Waals surface area contributed by atoms with Crippen LogP contribution in [0.1, 0.15) is 10.4 Å². The Labute approximate surface area is 172 Å². The van der Waals surface area contributed by atoms with E-state index < -0.39 is 15.9 Å². The van der Waals surface area contributed by atoms with Gasteiger partial charge in [0, 0.05) is 23.7 Å². The predicted molar refractivity (Wildman–Crippen MR) is 105 cm³/mol. The number of benzene rings is 2. The molecule has 10 heteroatoms. The normalized spacial score (nSPS) is 15.5. The second-order valence-electron chi connectivity index (χ2n) is 5.74. The first kappa shape index (κ1) is 20.4. The highest BCUT2D eigenvalue weighted by molar-refractivity contribution is 7.89. The van der Waals surface area contributed by atoms with Gasteiger partial charge < -0.3 is 10.1 Å². The van der Waals surface area contributed by atoms with E-state index in [2.05, 4.69) is 5.32 Å². The zero-order valence-electron chi connectivity index (χ0n) is 13.9. The molecule has 2 aromatic carbocycles. The Balaban J connectivity index is 1.90. The number of hydrogen-bond donors (Lipinski definition) is 1. The molecular formula is C17H15Cl3N2O4S. The van der Waals surface area contributed by atoms with Crippen LogP contribution in [0.25, 0.3) is 0 Å². The lowest BCUT2D eigenvalue weighted by Crippen LogP contribution is -2.40. The molecule has 144 valence electrons. The molecule has 1 fully saturated rings. The SMILES string of the molecule is O=C(Nc1cc(Cl)ccc1Cl)c1ccc(Cl)c(S(=O)(=O)N2CCOCC2)c1. The molecule has 0 saturated carbocycles. The van der Waals surface area contributed by atoms with E-state index in [1.54, 1.807) is 12.1 Å². The van der Waals surface area contributed by atoms with Crippen LogP contribution in [-0.4, -0.2) is 44.9 Å². The molecule has 0 aromatic heterocycles. The maximum absolute atomic E-state index is 12.9. The highest BCUT2D eigenvalue weighted by atomic mass is 35.5. The monoisotopic (exact) mass is 448 g/mol. The lowest BCUT2D eigenvalue weighted by Gasteiger charge is -2.26. The Kier molecular flexibility index (Phi) is 6.30. The predicted octanol–water partition coefficient (Wildman–Crippen LogP) is 3.92. The standard InChI is InChI=1S/C17H15Cl3N2O4S/c18-12-2-4-13(19)15(10-12)21-17(23)11-1-3-14(20)16(9-11)27(24,25)22-5-7-26-8-6-22/h1-4,9-10H,5-8H2,(H,21,23). The number of amides is 1. The molecule has 1 heterocycles. The summed E-state index contributed by atoms with van der Waals surface area (Å²) in [7, 11) is -3.84. The summed E-state index contributed by atoms with van der Waals surface area (Å²) in [5.41, 5.74) is 0.448. The third-order valence-corrected chi connectivity index (χ3v) is 6.90. The van der Waals surface area contributed by atoms with Crippen LogP contribution >= 0.6 is 34.8 Å². The number of carbonyl (C=O) groups is 1. The molecule has 0 radical (unpaired) electrons. The Bertz CT molecular complexity index is 976. The van der Waals surface area contributed by atoms with Gasteiger partial charge >= 0.3 is 0 Å². The van der Waals surface area contributed by atoms with E-state index in [0.29, 0.717) is 28.9 Å². The van der Waals surface area contributed by atoms with Crippen molar-refractivity contribution in [2.45, 2.75) is 4.90 Å². The van der Waals surface area contributed by atoms with Gasteiger partial charge in [-0.3, -0.25) is 4.79 Å². The molecule has 1 aliphatic heterocycles. The topological polar surface area (TPSA) is 75.7 Å². The molecule has 1 saturated heterocycles. The number of nitrogens with zero attached hydrogens (tertiary/aromatic N) is 1. The lowest BCUT2D eigenvalue weighted by molar-refractivity contribution is 0.0730. The van der Waals surface area contributed by atoms with Crippen molar-refractivity contribution in [1.29, 1.82) is 0 Å². The first-order valence-electron chi connectivity index (χ1n) is 7.93. The molecular weight excluding hydrogens is 435 g/mol. The van der Waals surface area contributed by atoms with Crippen LogP contribution in [0.2, 0.25) is 15.1 Å². The lowest BCUT2D eigenvalue weighted by atomic mass is 10.2. The Morgan fingerprint density at radius 1 is 1.00 bits per heavy atom. The quantitative estimate of drug-likeness (QED) is 0.767. The van der Waals surface area contributed by atoms with Gasteiger partial charge in [0.2, 0.25) is 10.0 Å². The van der Waals surface area contributed by atoms with Gasteiger partial charge in [0.15, 0.2) is 0 Å². The number of sulfonamides is 1. The number of nitrogens with one attached hydrogen (secondary N) is 1. The fourth-order valence-corrected chi connectivity index (χ4v) is 4.80. The van der Waals surface area contributed by atoms with Crippen LogP contribution in [0.4, 0.5) is 5.69 Å². The number of ether oxygens (including phenoxy) is 1. The number of halogens is 3. The number of carbonyl (C=O) groups excluding carboxylic acids is 1. The van der Waals surface area contributed by atoms with E-state index in [9.17, 15) is 13.2 Å². The second kappa shape index (κ2) is 8.34. The molecule has 6 nitrogen and oxygen atoms in total. The zero-order valence-corrected chi connectivity index (χ0v) is 17.0. The van der Waals surface area contributed by atoms with Crippen molar-refractivity contribution in [3.8, 4) is 0 Å². The van der Waals surface area contributed by atoms with Crippen LogP contribution in [0.3, 0.4) is 0 Å². The van der Waals surface area contributed by atoms with Gasteiger partial charge in [-0.15, -0.1) is 0 Å². The van der Waals surface area contributed by atoms with E-state index in [4.69, 9.17) is 39.5 Å². The average Bonchev–Trinajstić information content (AvgIpc) is 2.65. The van der Waals surface area contributed by atoms with Gasteiger partial charge in [0.05, 0.1) is 28.9 Å². The largest absolute Gasteiger partial charge is 0.379 e. The van der Waals surface area contributed by atoms with Gasteiger partial charge in [0.25, 0.3) is 5.91 Å². The third kappa shape index (κ3) is 4.56. The number of rotatable bonds is 4. The van der Waals surface area contributed by atoms with Crippen LogP contribution < -0.4 is 5.32 Å². The van der Waals surface area contributed by atoms with Crippen LogP contribution in [0.15, 0.2) is 41.3 Å². The molecule has 0 spiro atoms. The van der Waals surface area contributed by atoms with Crippen LogP contribution in [0.5, 0.6) is 0 Å². The van der Waals surface area contributed by atoms with Crippen LogP contribution in [-0.2, 0) is 14.8 Å². The minimum Gasteiger partial charge on any atom is -0.379 e. The molecule has 0 aliphatic carbocycles. The third-order valence-electron chi connectivity index (χ3n) is 3.96. The molecule has 2 aromatic rings. The highest BCUT2D eigenvalue weighted by Crippen LogP contribution is 2.29. The van der Waals surface area contributed by atoms with Crippen molar-refractivity contribution >= 4 is 56.4 Å². The van der Waals surface area contributed by atoms with Gasteiger partial charge in [-0.2, -0.15) is 4.31 Å². The van der Waals surface area contributed by atoms with Crippen molar-refractivity contribution < 1.29 is 17.9 Å². The van der Waals surface area contributed by atoms with Gasteiger partial charge in [-0.05, 0) is 36.4 Å². The van der Waals surface area contributed by atoms with Gasteiger partial charge in [0.1, 0.15) is 4.90 Å². The smallest absolute Gasteiger partial charge is 0.255 e. The van der Waals surface area contributed by atoms with Crippen molar-refractivity contribution in [3.05, 3.63) is 57.0 Å². The summed E-state index contributed by atoms with van der Waals surface area (Å²) in [6, 6.07) is 8.71. The van der Waals surface area contributed by atoms with Crippen molar-refractivity contribution in [2.75, 3.05) is 31.6 Å². The molecule has 1 N–H and O–H groups in total. The number of hydrogen-bond acceptors (Lipinski definition) is 4. The van der Waals surface area contributed by atoms with E-state index in [-0.39, 0.29) is 28.6 Å². The van der Waals surface area contributed by atoms with E-state index in [0.717, 1.165) is 0 Å². The van der Waals surface area contributed by atoms with E-state index in [1.807, 2.05) is 0 Å². The summed E-state index contributed by atoms with van der Waals surface area (Å²) in [6.07, 6.45) is 0. The van der Waals surface area contributed by atoms with E-state index in [1.165, 1.54) is 28.6 Å². The van der Waals surface area contributed by atoms with E-state index >= 15 is 0 Å². The maximum atomic E-state index is 12.9. The van der Waals surface area contributed by atoms with Gasteiger partial charge in [-0.25, -0.2) is 8.42 Å². The fraction of sp³-hybridized carbons (Fsp3) is 0.235. The minimum absolute atomic E-state index is 0.0406. The maximum Gasteiger partial charge on any atom is 0.255 e. The fourth-order valence-electron chi connectivity index (χ4n) is 2.56. The number of anilines is 1. The molecule has 27 heavy (non-hydrogen) atoms. The second-order valence-corrected chi connectivity index (χ2v) is 8.90. The summed E-state index contributed by atoms with van der Waals surface area (Å²) in [6.45, 7) is 1.08. The van der Waals surface area contributed by atoms with Crippen molar-refractivity contribution in [3.63, 3.8) is 0 Å². The summed E-state index contributed by atoms with van der Waals surface area (Å²) < 4.78 is 32.2. The van der Waals surface area contributed by atoms with Crippen molar-refractivity contribution in [1.82, 2.24) is 4.31 Å². The Morgan fingerprint density at radius 3 is 2.37 bits per heavy atom. The first-order chi connectivity index (χ1) is 12.8. The van der Waals surface area contributed by atoms with Crippen LogP contribution in [0, 0.1) is 0 Å². The summed E-state index contributed by atoms with van der Waals surface area (Å²) in [4.78, 5) is 12.4. The Hall–Kier alpha value is -1.35. The molecule has 0 unspecified atom stereocenters. The first-order valence-corrected chi connectivity index (χ1v) is 10.5. The Morgan fingerprint density at radius 2 is 1.67 bits per heavy atom. The molecule has 1 aliphatic rings. The van der Waals surface area contributed by atoms with Gasteiger partial charge in [-0.1, -0.05) is 34.8 Å². The summed E-state index contributed by atoms with van der Waals surface area (Å²) in [5, 5.41) is 3.37. The zero-order chi connectivity index (χ0) is 19.6. The number of morpholine rings is 1. The van der Waals surface area contributed by atoms with Crippen molar-refractivity contribution in [2.24, 2.45) is 0 Å². The molecule has 0 atom stereocenters. The molecule has 0 bridgehead atoms. The summed E-state index contributed by atoms with van der Waals surface area (Å²) >= 11 is 18.1. The molecule has 3 rings (SSSR count). The average molecular weight is 450 g/mol. The summed E-state index contributed by atoms with van der Waals surface area (Å²) in [5.74, 6) is -0.533. The highest BCUT2D eigenvalue weighted by Gasteiger charge is 2.29. The molecule has 1 amide bonds.